The number of hydrogen-bond acceptors (Lipinski definition) is 1. The first-order valence-corrected chi connectivity index (χ1v) is 6.84. The van der Waals surface area contributed by atoms with E-state index in [1.54, 1.807) is 0 Å². The molecule has 0 amide bonds. The maximum Gasteiger partial charge on any atom is 0.0969 e. The molecule has 0 saturated heterocycles. The average molecular weight is 256 g/mol. The lowest BCUT2D eigenvalue weighted by atomic mass is 10.1. The topological polar surface area (TPSA) is 17.3 Å². The smallest absolute Gasteiger partial charge is 0.0969 e. The highest BCUT2D eigenvalue weighted by Crippen LogP contribution is 2.37. The Labute approximate surface area is 115 Å². The van der Waals surface area contributed by atoms with Gasteiger partial charge in [0.15, 0.2) is 0 Å². The van der Waals surface area contributed by atoms with E-state index in [1.165, 1.54) is 38.3 Å². The molecule has 0 radical (unpaired) electrons. The van der Waals surface area contributed by atoms with Crippen LogP contribution in [-0.2, 0) is 0 Å². The quantitative estimate of drug-likeness (QED) is 0.397. The molecule has 3 aromatic heterocycles. The summed E-state index contributed by atoms with van der Waals surface area (Å²) < 4.78 is 2.35. The van der Waals surface area contributed by atoms with Crippen LogP contribution < -0.4 is 0 Å². The number of benzene rings is 2. The van der Waals surface area contributed by atoms with Gasteiger partial charge in [-0.05, 0) is 31.2 Å². The maximum atomic E-state index is 4.63. The van der Waals surface area contributed by atoms with Gasteiger partial charge in [-0.15, -0.1) is 0 Å². The standard InChI is InChI=1S/C18H12N2/c1-11-6-7-16-14(10-11)17-18-13(8-9-19-17)12-4-2-3-5-15(12)20(16)18/h2-10H,1H3. The molecule has 0 aliphatic rings. The maximum absolute atomic E-state index is 4.63. The van der Waals surface area contributed by atoms with Crippen molar-refractivity contribution in [1.29, 1.82) is 0 Å². The molecule has 0 aliphatic carbocycles. The molecule has 0 aliphatic heterocycles. The van der Waals surface area contributed by atoms with Crippen LogP contribution in [0.4, 0.5) is 0 Å². The van der Waals surface area contributed by atoms with Crippen LogP contribution in [-0.4, -0.2) is 9.38 Å². The number of pyridine rings is 1. The van der Waals surface area contributed by atoms with Crippen molar-refractivity contribution in [2.24, 2.45) is 0 Å². The Balaban J connectivity index is 2.27. The molecule has 0 N–H and O–H groups in total. The predicted molar refractivity (Wildman–Crippen MR) is 83.6 cm³/mol. The SMILES string of the molecule is Cc1ccc2c(c1)c1nccc3c4ccccc4n2c31. The van der Waals surface area contributed by atoms with E-state index in [9.17, 15) is 0 Å². The van der Waals surface area contributed by atoms with Crippen LogP contribution >= 0.6 is 0 Å². The van der Waals surface area contributed by atoms with Gasteiger partial charge in [0.25, 0.3) is 0 Å². The lowest BCUT2D eigenvalue weighted by Gasteiger charge is -1.97. The summed E-state index contributed by atoms with van der Waals surface area (Å²) in [6.45, 7) is 2.13. The normalized spacial score (nSPS) is 12.2. The number of fused-ring (bicyclic) bond motifs is 6. The third-order valence-electron chi connectivity index (χ3n) is 4.23. The summed E-state index contributed by atoms with van der Waals surface area (Å²) in [5, 5.41) is 3.84. The van der Waals surface area contributed by atoms with Crippen LogP contribution in [0.5, 0.6) is 0 Å². The molecule has 94 valence electrons. The summed E-state index contributed by atoms with van der Waals surface area (Å²) in [5.74, 6) is 0. The van der Waals surface area contributed by atoms with Crippen molar-refractivity contribution in [3.8, 4) is 0 Å². The van der Waals surface area contributed by atoms with E-state index in [2.05, 4.69) is 64.8 Å². The summed E-state index contributed by atoms with van der Waals surface area (Å²) >= 11 is 0. The number of aryl methyl sites for hydroxylation is 1. The van der Waals surface area contributed by atoms with Crippen molar-refractivity contribution in [1.82, 2.24) is 9.38 Å². The Hall–Kier alpha value is -2.61. The van der Waals surface area contributed by atoms with Crippen molar-refractivity contribution >= 4 is 38.2 Å². The molecule has 2 heteroatoms. The van der Waals surface area contributed by atoms with E-state index in [0.717, 1.165) is 5.52 Å². The van der Waals surface area contributed by atoms with Crippen molar-refractivity contribution in [3.05, 3.63) is 60.3 Å². The number of para-hydroxylation sites is 1. The molecule has 2 aromatic carbocycles. The highest BCUT2D eigenvalue weighted by Gasteiger charge is 2.17. The molecule has 0 saturated carbocycles. The predicted octanol–water partition coefficient (Wildman–Crippen LogP) is 4.54. The van der Waals surface area contributed by atoms with Gasteiger partial charge in [-0.3, -0.25) is 4.98 Å². The van der Waals surface area contributed by atoms with Crippen molar-refractivity contribution in [3.63, 3.8) is 0 Å². The van der Waals surface area contributed by atoms with Gasteiger partial charge in [-0.25, -0.2) is 0 Å². The fraction of sp³-hybridized carbons (Fsp3) is 0.0556. The Bertz CT molecular complexity index is 1100. The Morgan fingerprint density at radius 1 is 0.850 bits per heavy atom. The second kappa shape index (κ2) is 3.28. The van der Waals surface area contributed by atoms with E-state index in [1.807, 2.05) is 6.20 Å². The molecule has 0 unspecified atom stereocenters. The highest BCUT2D eigenvalue weighted by molar-refractivity contribution is 6.21. The number of nitrogens with zero attached hydrogens (tertiary/aromatic N) is 2. The molecule has 0 atom stereocenters. The summed E-state index contributed by atoms with van der Waals surface area (Å²) in [4.78, 5) is 4.63. The molecule has 0 fully saturated rings. The molecule has 5 aromatic rings. The minimum atomic E-state index is 1.11. The van der Waals surface area contributed by atoms with Gasteiger partial charge in [-0.2, -0.15) is 0 Å². The zero-order chi connectivity index (χ0) is 13.3. The first-order valence-electron chi connectivity index (χ1n) is 6.84. The lowest BCUT2D eigenvalue weighted by molar-refractivity contribution is 1.35. The molecule has 5 rings (SSSR count). The molecule has 20 heavy (non-hydrogen) atoms. The fourth-order valence-electron chi connectivity index (χ4n) is 3.40. The Kier molecular flexibility index (Phi) is 1.68. The zero-order valence-corrected chi connectivity index (χ0v) is 11.1. The van der Waals surface area contributed by atoms with Crippen LogP contribution in [0.25, 0.3) is 38.2 Å². The Morgan fingerprint density at radius 2 is 1.70 bits per heavy atom. The molecule has 0 bridgehead atoms. The molecule has 2 nitrogen and oxygen atoms in total. The molecular formula is C18H12N2. The second-order valence-electron chi connectivity index (χ2n) is 5.43. The third-order valence-corrected chi connectivity index (χ3v) is 4.23. The van der Waals surface area contributed by atoms with Crippen molar-refractivity contribution in [2.75, 3.05) is 0 Å². The van der Waals surface area contributed by atoms with E-state index < -0.39 is 0 Å². The number of rotatable bonds is 0. The van der Waals surface area contributed by atoms with Gasteiger partial charge < -0.3 is 4.40 Å². The highest BCUT2D eigenvalue weighted by atomic mass is 14.9. The summed E-state index contributed by atoms with van der Waals surface area (Å²) in [6.07, 6.45) is 1.92. The first kappa shape index (κ1) is 10.2. The van der Waals surface area contributed by atoms with E-state index in [4.69, 9.17) is 0 Å². The first-order chi connectivity index (χ1) is 9.84. The monoisotopic (exact) mass is 256 g/mol. The minimum absolute atomic E-state index is 1.11. The van der Waals surface area contributed by atoms with Crippen molar-refractivity contribution in [2.45, 2.75) is 6.92 Å². The van der Waals surface area contributed by atoms with Gasteiger partial charge in [0.05, 0.1) is 22.1 Å². The van der Waals surface area contributed by atoms with Crippen molar-refractivity contribution < 1.29 is 0 Å². The minimum Gasteiger partial charge on any atom is -0.306 e. The Morgan fingerprint density at radius 3 is 2.65 bits per heavy atom. The number of aromatic nitrogens is 2. The van der Waals surface area contributed by atoms with Crippen LogP contribution in [0.15, 0.2) is 54.7 Å². The summed E-state index contributed by atoms with van der Waals surface area (Å²) in [7, 11) is 0. The average Bonchev–Trinajstić information content (AvgIpc) is 2.98. The van der Waals surface area contributed by atoms with Crippen LogP contribution in [0.2, 0.25) is 0 Å². The zero-order valence-electron chi connectivity index (χ0n) is 11.1. The van der Waals surface area contributed by atoms with Crippen LogP contribution in [0.1, 0.15) is 5.56 Å². The second-order valence-corrected chi connectivity index (χ2v) is 5.43. The van der Waals surface area contributed by atoms with Crippen LogP contribution in [0.3, 0.4) is 0 Å². The third kappa shape index (κ3) is 1.04. The summed E-state index contributed by atoms with van der Waals surface area (Å²) in [6, 6.07) is 17.3. The molecule has 3 heterocycles. The summed E-state index contributed by atoms with van der Waals surface area (Å²) in [5.41, 5.74) is 6.14. The van der Waals surface area contributed by atoms with Crippen LogP contribution in [0, 0.1) is 6.92 Å². The lowest BCUT2D eigenvalue weighted by Crippen LogP contribution is -1.80. The largest absolute Gasteiger partial charge is 0.306 e. The van der Waals surface area contributed by atoms with Gasteiger partial charge >= 0.3 is 0 Å². The van der Waals surface area contributed by atoms with E-state index in [0.29, 0.717) is 0 Å². The van der Waals surface area contributed by atoms with Gasteiger partial charge in [0.2, 0.25) is 0 Å². The fourth-order valence-corrected chi connectivity index (χ4v) is 3.40. The molecular weight excluding hydrogens is 244 g/mol. The molecule has 0 spiro atoms. The van der Waals surface area contributed by atoms with Gasteiger partial charge in [0.1, 0.15) is 0 Å². The van der Waals surface area contributed by atoms with Gasteiger partial charge in [-0.1, -0.05) is 29.8 Å². The number of hydrogen-bond donors (Lipinski definition) is 0. The van der Waals surface area contributed by atoms with Gasteiger partial charge in [0, 0.05) is 22.4 Å². The van der Waals surface area contributed by atoms with E-state index >= 15 is 0 Å². The van der Waals surface area contributed by atoms with E-state index in [-0.39, 0.29) is 0 Å².